The van der Waals surface area contributed by atoms with Crippen molar-refractivity contribution in [2.75, 3.05) is 11.9 Å². The average Bonchev–Trinajstić information content (AvgIpc) is 3.00. The van der Waals surface area contributed by atoms with E-state index >= 15 is 0 Å². The molecule has 2 aromatic rings. The van der Waals surface area contributed by atoms with Gasteiger partial charge in [0.25, 0.3) is 5.91 Å². The zero-order chi connectivity index (χ0) is 12.8. The van der Waals surface area contributed by atoms with Crippen molar-refractivity contribution in [3.8, 4) is 11.8 Å². The zero-order valence-electron chi connectivity index (χ0n) is 9.21. The minimum atomic E-state index is -0.201. The van der Waals surface area contributed by atoms with E-state index in [9.17, 15) is 4.79 Å². The van der Waals surface area contributed by atoms with Crippen LogP contribution >= 0.6 is 22.9 Å². The molecule has 2 aromatic heterocycles. The van der Waals surface area contributed by atoms with Gasteiger partial charge in [-0.25, -0.2) is 0 Å². The number of carbonyl (C=O) groups excluding carboxylic acids is 1. The second-order valence-corrected chi connectivity index (χ2v) is 4.91. The number of amides is 1. The third kappa shape index (κ3) is 3.37. The van der Waals surface area contributed by atoms with Crippen molar-refractivity contribution in [2.45, 2.75) is 6.42 Å². The van der Waals surface area contributed by atoms with Crippen LogP contribution in [0.15, 0.2) is 17.6 Å². The molecular weight excluding hydrogens is 270 g/mol. The second kappa shape index (κ2) is 6.26. The molecule has 5 nitrogen and oxygen atoms in total. The highest BCUT2D eigenvalue weighted by Gasteiger charge is 2.09. The monoisotopic (exact) mass is 279 g/mol. The fraction of sp³-hybridized carbons (Fsp3) is 0.182. The minimum Gasteiger partial charge on any atom is -0.395 e. The Kier molecular flexibility index (Phi) is 4.41. The van der Waals surface area contributed by atoms with Crippen LogP contribution < -0.4 is 5.32 Å². The molecule has 0 aliphatic heterocycles. The summed E-state index contributed by atoms with van der Waals surface area (Å²) in [6.07, 6.45) is 1.93. The molecule has 2 rings (SSSR count). The topological polar surface area (TPSA) is 75.1 Å². The first-order valence-corrected chi connectivity index (χ1v) is 6.72. The van der Waals surface area contributed by atoms with E-state index < -0.39 is 0 Å². The van der Waals surface area contributed by atoms with E-state index in [2.05, 4.69) is 26.7 Å². The van der Waals surface area contributed by atoms with E-state index in [1.165, 1.54) is 17.5 Å². The molecule has 0 saturated carbocycles. The van der Waals surface area contributed by atoms with Crippen molar-refractivity contribution in [1.29, 1.82) is 0 Å². The minimum absolute atomic E-state index is 0.0457. The van der Waals surface area contributed by atoms with Crippen LogP contribution in [-0.4, -0.2) is 27.2 Å². The SMILES string of the molecule is O=C(Nc1cnns1)c1csc(C#CCCO)c1. The smallest absolute Gasteiger partial charge is 0.257 e. The lowest BCUT2D eigenvalue weighted by Gasteiger charge is -1.96. The third-order valence-corrected chi connectivity index (χ3v) is 3.33. The van der Waals surface area contributed by atoms with Gasteiger partial charge in [-0.2, -0.15) is 0 Å². The fourth-order valence-corrected chi connectivity index (χ4v) is 2.30. The second-order valence-electron chi connectivity index (χ2n) is 3.21. The standard InChI is InChI=1S/C11H9N3O2S2/c15-4-2-1-3-9-5-8(7-17-9)11(16)13-10-6-12-14-18-10/h5-7,15H,2,4H2,(H,13,16). The number of anilines is 1. The summed E-state index contributed by atoms with van der Waals surface area (Å²) in [5, 5.41) is 17.3. The van der Waals surface area contributed by atoms with Crippen molar-refractivity contribution in [3.63, 3.8) is 0 Å². The fourth-order valence-electron chi connectivity index (χ4n) is 1.13. The van der Waals surface area contributed by atoms with Gasteiger partial charge in [0.1, 0.15) is 5.00 Å². The zero-order valence-corrected chi connectivity index (χ0v) is 10.8. The lowest BCUT2D eigenvalue weighted by molar-refractivity contribution is 0.102. The summed E-state index contributed by atoms with van der Waals surface area (Å²) >= 11 is 2.52. The van der Waals surface area contributed by atoms with Gasteiger partial charge in [0, 0.05) is 23.3 Å². The number of thiophene rings is 1. The molecule has 7 heteroatoms. The Labute approximate surface area is 112 Å². The first-order valence-electron chi connectivity index (χ1n) is 5.06. The molecule has 0 spiro atoms. The molecule has 1 amide bonds. The molecule has 18 heavy (non-hydrogen) atoms. The number of nitrogens with zero attached hydrogens (tertiary/aromatic N) is 2. The molecule has 92 valence electrons. The summed E-state index contributed by atoms with van der Waals surface area (Å²) in [5.41, 5.74) is 0.557. The van der Waals surface area contributed by atoms with Gasteiger partial charge in [-0.15, -0.1) is 16.4 Å². The van der Waals surface area contributed by atoms with Gasteiger partial charge in [-0.05, 0) is 6.07 Å². The predicted molar refractivity (Wildman–Crippen MR) is 70.8 cm³/mol. The summed E-state index contributed by atoms with van der Waals surface area (Å²) in [7, 11) is 0. The molecule has 0 radical (unpaired) electrons. The molecule has 0 aliphatic rings. The Morgan fingerprint density at radius 1 is 1.56 bits per heavy atom. The molecule has 0 unspecified atom stereocenters. The van der Waals surface area contributed by atoms with Crippen LogP contribution in [0.5, 0.6) is 0 Å². The van der Waals surface area contributed by atoms with Crippen LogP contribution in [0.25, 0.3) is 0 Å². The van der Waals surface area contributed by atoms with Crippen LogP contribution in [-0.2, 0) is 0 Å². The summed E-state index contributed by atoms with van der Waals surface area (Å²) in [6.45, 7) is 0.0457. The largest absolute Gasteiger partial charge is 0.395 e. The first kappa shape index (κ1) is 12.7. The van der Waals surface area contributed by atoms with Gasteiger partial charge >= 0.3 is 0 Å². The number of hydrogen-bond acceptors (Lipinski definition) is 6. The maximum atomic E-state index is 11.8. The number of carbonyl (C=O) groups is 1. The van der Waals surface area contributed by atoms with Gasteiger partial charge in [0.2, 0.25) is 0 Å². The third-order valence-electron chi connectivity index (χ3n) is 1.91. The van der Waals surface area contributed by atoms with Gasteiger partial charge in [0.05, 0.1) is 23.2 Å². The molecule has 2 N–H and O–H groups in total. The Morgan fingerprint density at radius 2 is 2.44 bits per heavy atom. The van der Waals surface area contributed by atoms with Crippen molar-refractivity contribution < 1.29 is 9.90 Å². The van der Waals surface area contributed by atoms with E-state index in [1.807, 2.05) is 0 Å². The first-order chi connectivity index (χ1) is 8.79. The van der Waals surface area contributed by atoms with Crippen molar-refractivity contribution in [3.05, 3.63) is 28.1 Å². The summed E-state index contributed by atoms with van der Waals surface area (Å²) in [4.78, 5) is 12.6. The molecule has 0 aliphatic carbocycles. The van der Waals surface area contributed by atoms with E-state index in [-0.39, 0.29) is 12.5 Å². The van der Waals surface area contributed by atoms with Gasteiger partial charge in [0.15, 0.2) is 0 Å². The van der Waals surface area contributed by atoms with Crippen LogP contribution in [0.2, 0.25) is 0 Å². The summed E-state index contributed by atoms with van der Waals surface area (Å²) in [5.74, 6) is 5.49. The van der Waals surface area contributed by atoms with Crippen LogP contribution in [0.4, 0.5) is 5.00 Å². The van der Waals surface area contributed by atoms with Crippen molar-refractivity contribution in [1.82, 2.24) is 9.59 Å². The molecule has 0 saturated heterocycles. The van der Waals surface area contributed by atoms with E-state index in [1.54, 1.807) is 11.4 Å². The normalized spacial score (nSPS) is 9.61. The van der Waals surface area contributed by atoms with Crippen LogP contribution in [0.3, 0.4) is 0 Å². The lowest BCUT2D eigenvalue weighted by Crippen LogP contribution is -2.09. The molecular formula is C11H9N3O2S2. The average molecular weight is 279 g/mol. The van der Waals surface area contributed by atoms with E-state index in [0.717, 1.165) is 16.4 Å². The molecule has 0 bridgehead atoms. The Balaban J connectivity index is 2.02. The highest BCUT2D eigenvalue weighted by Crippen LogP contribution is 2.16. The number of rotatable bonds is 3. The number of aliphatic hydroxyl groups excluding tert-OH is 1. The number of aliphatic hydroxyl groups is 1. The number of hydrogen-bond donors (Lipinski definition) is 2. The quantitative estimate of drug-likeness (QED) is 0.837. The molecule has 0 fully saturated rings. The summed E-state index contributed by atoms with van der Waals surface area (Å²) in [6, 6.07) is 1.72. The number of nitrogens with one attached hydrogen (secondary N) is 1. The molecule has 0 atom stereocenters. The predicted octanol–water partition coefficient (Wildman–Crippen LogP) is 1.59. The van der Waals surface area contributed by atoms with E-state index in [4.69, 9.17) is 5.11 Å². The van der Waals surface area contributed by atoms with Crippen molar-refractivity contribution in [2.24, 2.45) is 0 Å². The number of aromatic nitrogens is 2. The Hall–Kier alpha value is -1.75. The molecule has 2 heterocycles. The van der Waals surface area contributed by atoms with Gasteiger partial charge in [-0.3, -0.25) is 4.79 Å². The van der Waals surface area contributed by atoms with Crippen molar-refractivity contribution >= 4 is 33.8 Å². The maximum absolute atomic E-state index is 11.8. The highest BCUT2D eigenvalue weighted by atomic mass is 32.1. The Morgan fingerprint density at radius 3 is 3.17 bits per heavy atom. The van der Waals surface area contributed by atoms with Gasteiger partial charge in [-0.1, -0.05) is 16.3 Å². The highest BCUT2D eigenvalue weighted by molar-refractivity contribution is 7.11. The summed E-state index contributed by atoms with van der Waals surface area (Å²) < 4.78 is 3.66. The molecule has 0 aromatic carbocycles. The van der Waals surface area contributed by atoms with Crippen LogP contribution in [0, 0.1) is 11.8 Å². The Bertz CT molecular complexity index is 581. The van der Waals surface area contributed by atoms with Gasteiger partial charge < -0.3 is 10.4 Å². The lowest BCUT2D eigenvalue weighted by atomic mass is 10.3. The van der Waals surface area contributed by atoms with Crippen LogP contribution in [0.1, 0.15) is 21.7 Å². The van der Waals surface area contributed by atoms with E-state index in [0.29, 0.717) is 17.0 Å². The maximum Gasteiger partial charge on any atom is 0.257 e.